The van der Waals surface area contributed by atoms with Gasteiger partial charge in [-0.15, -0.1) is 0 Å². The normalized spacial score (nSPS) is 9.69. The van der Waals surface area contributed by atoms with E-state index in [2.05, 4.69) is 26.6 Å². The summed E-state index contributed by atoms with van der Waals surface area (Å²) in [5, 5.41) is 5.74. The third-order valence-corrected chi connectivity index (χ3v) is 2.39. The van der Waals surface area contributed by atoms with E-state index in [1.165, 1.54) is 0 Å². The van der Waals surface area contributed by atoms with Crippen molar-refractivity contribution in [3.05, 3.63) is 22.7 Å². The van der Waals surface area contributed by atoms with Gasteiger partial charge in [0.25, 0.3) is 0 Å². The van der Waals surface area contributed by atoms with Crippen LogP contribution in [0, 0.1) is 0 Å². The average Bonchev–Trinajstić information content (AvgIpc) is 2.26. The molecule has 0 heterocycles. The second-order valence-electron chi connectivity index (χ2n) is 3.19. The molecule has 0 aromatic heterocycles. The molecule has 2 N–H and O–H groups in total. The molecule has 1 aromatic carbocycles. The van der Waals surface area contributed by atoms with Crippen LogP contribution in [0.1, 0.15) is 6.92 Å². The van der Waals surface area contributed by atoms with Crippen LogP contribution in [-0.2, 0) is 4.79 Å². The highest BCUT2D eigenvalue weighted by atomic mass is 79.9. The number of carbonyl (C=O) groups excluding carboxylic acids is 1. The number of ether oxygens (including phenoxy) is 1. The van der Waals surface area contributed by atoms with E-state index < -0.39 is 0 Å². The van der Waals surface area contributed by atoms with Crippen LogP contribution in [0.15, 0.2) is 22.7 Å². The zero-order valence-electron chi connectivity index (χ0n) is 9.34. The molecular weight excluding hydrogens is 272 g/mol. The van der Waals surface area contributed by atoms with Crippen LogP contribution in [0.5, 0.6) is 5.75 Å². The van der Waals surface area contributed by atoms with Gasteiger partial charge in [0.05, 0.1) is 13.7 Å². The van der Waals surface area contributed by atoms with E-state index >= 15 is 0 Å². The first-order valence-corrected chi connectivity index (χ1v) is 5.80. The van der Waals surface area contributed by atoms with E-state index in [-0.39, 0.29) is 12.5 Å². The largest absolute Gasteiger partial charge is 0.497 e. The molecule has 1 amide bonds. The Morgan fingerprint density at radius 3 is 2.81 bits per heavy atom. The predicted octanol–water partition coefficient (Wildman–Crippen LogP) is 2.01. The highest BCUT2D eigenvalue weighted by Gasteiger charge is 2.02. The number of hydrogen-bond donors (Lipinski definition) is 2. The molecule has 0 aliphatic carbocycles. The molecule has 0 aliphatic heterocycles. The first kappa shape index (κ1) is 12.8. The van der Waals surface area contributed by atoms with Crippen LogP contribution >= 0.6 is 15.9 Å². The Kier molecular flexibility index (Phi) is 5.11. The van der Waals surface area contributed by atoms with Crippen molar-refractivity contribution in [2.24, 2.45) is 0 Å². The number of anilines is 1. The minimum Gasteiger partial charge on any atom is -0.497 e. The number of likely N-dealkylation sites (N-methyl/N-ethyl adjacent to an activating group) is 1. The number of hydrogen-bond acceptors (Lipinski definition) is 3. The monoisotopic (exact) mass is 286 g/mol. The molecule has 0 radical (unpaired) electrons. The molecule has 1 aromatic rings. The molecule has 0 aliphatic rings. The van der Waals surface area contributed by atoms with Crippen LogP contribution in [0.25, 0.3) is 0 Å². The number of methoxy groups -OCH3 is 1. The molecule has 88 valence electrons. The van der Waals surface area contributed by atoms with E-state index in [1.807, 2.05) is 25.1 Å². The van der Waals surface area contributed by atoms with Gasteiger partial charge in [-0.1, -0.05) is 15.9 Å². The summed E-state index contributed by atoms with van der Waals surface area (Å²) in [6.45, 7) is 2.79. The van der Waals surface area contributed by atoms with Gasteiger partial charge in [-0.2, -0.15) is 0 Å². The van der Waals surface area contributed by atoms with Gasteiger partial charge in [-0.05, 0) is 19.1 Å². The van der Waals surface area contributed by atoms with Gasteiger partial charge in [0, 0.05) is 22.8 Å². The summed E-state index contributed by atoms with van der Waals surface area (Å²) in [6, 6.07) is 5.59. The van der Waals surface area contributed by atoms with Gasteiger partial charge in [0.1, 0.15) is 5.75 Å². The van der Waals surface area contributed by atoms with Crippen molar-refractivity contribution in [2.45, 2.75) is 6.92 Å². The van der Waals surface area contributed by atoms with Crippen molar-refractivity contribution >= 4 is 27.5 Å². The summed E-state index contributed by atoms with van der Waals surface area (Å²) in [7, 11) is 1.61. The summed E-state index contributed by atoms with van der Waals surface area (Å²) in [5.41, 5.74) is 0.845. The molecule has 4 nitrogen and oxygen atoms in total. The highest BCUT2D eigenvalue weighted by Crippen LogP contribution is 2.24. The summed E-state index contributed by atoms with van der Waals surface area (Å²) in [4.78, 5) is 11.2. The standard InChI is InChI=1S/C11H15BrN2O2/c1-3-13-11(15)7-14-9-4-8(12)5-10(6-9)16-2/h4-6,14H,3,7H2,1-2H3,(H,13,15). The maximum Gasteiger partial charge on any atom is 0.239 e. The summed E-state index contributed by atoms with van der Waals surface area (Å²) < 4.78 is 6.03. The molecule has 16 heavy (non-hydrogen) atoms. The summed E-state index contributed by atoms with van der Waals surface area (Å²) in [5.74, 6) is 0.717. The first-order valence-electron chi connectivity index (χ1n) is 5.01. The topological polar surface area (TPSA) is 50.4 Å². The Labute approximate surface area is 103 Å². The number of nitrogens with one attached hydrogen (secondary N) is 2. The van der Waals surface area contributed by atoms with Crippen LogP contribution in [0.4, 0.5) is 5.69 Å². The van der Waals surface area contributed by atoms with Gasteiger partial charge in [-0.3, -0.25) is 4.79 Å². The fourth-order valence-electron chi connectivity index (χ4n) is 1.22. The molecule has 0 atom stereocenters. The van der Waals surface area contributed by atoms with E-state index in [1.54, 1.807) is 7.11 Å². The Morgan fingerprint density at radius 2 is 2.19 bits per heavy atom. The van der Waals surface area contributed by atoms with Gasteiger partial charge >= 0.3 is 0 Å². The first-order chi connectivity index (χ1) is 7.65. The molecule has 0 saturated carbocycles. The molecule has 0 spiro atoms. The van der Waals surface area contributed by atoms with Crippen LogP contribution < -0.4 is 15.4 Å². The van der Waals surface area contributed by atoms with E-state index in [0.717, 1.165) is 15.9 Å². The number of halogens is 1. The molecule has 0 fully saturated rings. The SMILES string of the molecule is CCNC(=O)CNc1cc(Br)cc(OC)c1. The van der Waals surface area contributed by atoms with Gasteiger partial charge in [0.2, 0.25) is 5.91 Å². The lowest BCUT2D eigenvalue weighted by atomic mass is 10.3. The Balaban J connectivity index is 2.59. The lowest BCUT2D eigenvalue weighted by Crippen LogP contribution is -2.29. The fourth-order valence-corrected chi connectivity index (χ4v) is 1.70. The Bertz CT molecular complexity index is 369. The van der Waals surface area contributed by atoms with E-state index in [0.29, 0.717) is 6.54 Å². The summed E-state index contributed by atoms with van der Waals surface area (Å²) >= 11 is 3.37. The smallest absolute Gasteiger partial charge is 0.239 e. The zero-order valence-corrected chi connectivity index (χ0v) is 10.9. The lowest BCUT2D eigenvalue weighted by Gasteiger charge is -2.08. The fraction of sp³-hybridized carbons (Fsp3) is 0.364. The second-order valence-corrected chi connectivity index (χ2v) is 4.10. The number of amides is 1. The van der Waals surface area contributed by atoms with Crippen molar-refractivity contribution in [3.8, 4) is 5.75 Å². The minimum absolute atomic E-state index is 0.0264. The summed E-state index contributed by atoms with van der Waals surface area (Å²) in [6.07, 6.45) is 0. The van der Waals surface area contributed by atoms with Crippen molar-refractivity contribution < 1.29 is 9.53 Å². The molecular formula is C11H15BrN2O2. The third kappa shape index (κ3) is 4.10. The molecule has 0 bridgehead atoms. The maximum atomic E-state index is 11.2. The zero-order chi connectivity index (χ0) is 12.0. The van der Waals surface area contributed by atoms with Crippen molar-refractivity contribution in [1.82, 2.24) is 5.32 Å². The average molecular weight is 287 g/mol. The van der Waals surface area contributed by atoms with Gasteiger partial charge in [-0.25, -0.2) is 0 Å². The van der Waals surface area contributed by atoms with E-state index in [4.69, 9.17) is 4.74 Å². The van der Waals surface area contributed by atoms with Gasteiger partial charge in [0.15, 0.2) is 0 Å². The van der Waals surface area contributed by atoms with Gasteiger partial charge < -0.3 is 15.4 Å². The quantitative estimate of drug-likeness (QED) is 0.871. The van der Waals surface area contributed by atoms with Crippen LogP contribution in [-0.4, -0.2) is 26.1 Å². The van der Waals surface area contributed by atoms with Crippen molar-refractivity contribution in [2.75, 3.05) is 25.5 Å². The van der Waals surface area contributed by atoms with E-state index in [9.17, 15) is 4.79 Å². The van der Waals surface area contributed by atoms with Crippen LogP contribution in [0.2, 0.25) is 0 Å². The lowest BCUT2D eigenvalue weighted by molar-refractivity contribution is -0.119. The predicted molar refractivity (Wildman–Crippen MR) is 67.9 cm³/mol. The minimum atomic E-state index is -0.0264. The van der Waals surface area contributed by atoms with Crippen LogP contribution in [0.3, 0.4) is 0 Å². The Hall–Kier alpha value is -1.23. The van der Waals surface area contributed by atoms with Crippen molar-refractivity contribution in [1.29, 1.82) is 0 Å². The molecule has 1 rings (SSSR count). The maximum absolute atomic E-state index is 11.2. The highest BCUT2D eigenvalue weighted by molar-refractivity contribution is 9.10. The third-order valence-electron chi connectivity index (χ3n) is 1.93. The molecule has 0 unspecified atom stereocenters. The molecule has 5 heteroatoms. The number of carbonyl (C=O) groups is 1. The second kappa shape index (κ2) is 6.37. The number of benzene rings is 1. The number of rotatable bonds is 5. The Morgan fingerprint density at radius 1 is 1.44 bits per heavy atom. The van der Waals surface area contributed by atoms with Crippen molar-refractivity contribution in [3.63, 3.8) is 0 Å². The molecule has 0 saturated heterocycles.